The molecule has 0 atom stereocenters. The van der Waals surface area contributed by atoms with Crippen molar-refractivity contribution >= 4 is 34.0 Å². The third-order valence-electron chi connectivity index (χ3n) is 4.51. The molecule has 0 aliphatic heterocycles. The van der Waals surface area contributed by atoms with Crippen molar-refractivity contribution in [2.45, 2.75) is 9.92 Å². The summed E-state index contributed by atoms with van der Waals surface area (Å²) in [7, 11) is 4.75. The van der Waals surface area contributed by atoms with Crippen LogP contribution in [0.4, 0.5) is 11.5 Å². The van der Waals surface area contributed by atoms with Crippen LogP contribution in [0.3, 0.4) is 0 Å². The fourth-order valence-corrected chi connectivity index (χ4v) is 4.08. The van der Waals surface area contributed by atoms with E-state index in [1.54, 1.807) is 45.5 Å². The summed E-state index contributed by atoms with van der Waals surface area (Å²) in [5, 5.41) is 6.45. The van der Waals surface area contributed by atoms with Gasteiger partial charge in [-0.2, -0.15) is 0 Å². The van der Waals surface area contributed by atoms with Gasteiger partial charge in [-0.05, 0) is 16.8 Å². The van der Waals surface area contributed by atoms with Crippen molar-refractivity contribution in [2.24, 2.45) is 0 Å². The minimum absolute atomic E-state index is 0.539. The third kappa shape index (κ3) is 4.11. The quantitative estimate of drug-likeness (QED) is 0.421. The molecule has 0 fully saturated rings. The number of fused-ring (bicyclic) bond motifs is 1. The van der Waals surface area contributed by atoms with Gasteiger partial charge < -0.3 is 19.5 Å². The Morgan fingerprint density at radius 3 is 2.30 bits per heavy atom. The Morgan fingerprint density at radius 1 is 0.833 bits per heavy atom. The molecule has 0 bridgehead atoms. The lowest BCUT2D eigenvalue weighted by atomic mass is 10.1. The highest BCUT2D eigenvalue weighted by molar-refractivity contribution is 7.99. The van der Waals surface area contributed by atoms with Crippen LogP contribution < -0.4 is 19.5 Å². The number of rotatable bonds is 7. The van der Waals surface area contributed by atoms with Crippen LogP contribution in [0.25, 0.3) is 10.8 Å². The fraction of sp³-hybridized carbons (Fsp3) is 0.130. The molecule has 0 unspecified atom stereocenters. The zero-order valence-electron chi connectivity index (χ0n) is 16.9. The van der Waals surface area contributed by atoms with Crippen molar-refractivity contribution in [3.63, 3.8) is 0 Å². The van der Waals surface area contributed by atoms with Gasteiger partial charge in [-0.1, -0.05) is 48.2 Å². The molecule has 7 heteroatoms. The Balaban J connectivity index is 1.61. The van der Waals surface area contributed by atoms with E-state index in [4.69, 9.17) is 19.2 Å². The van der Waals surface area contributed by atoms with Gasteiger partial charge in [0.25, 0.3) is 0 Å². The average Bonchev–Trinajstić information content (AvgIpc) is 2.79. The first kappa shape index (κ1) is 19.8. The van der Waals surface area contributed by atoms with Crippen LogP contribution in [-0.2, 0) is 0 Å². The Morgan fingerprint density at radius 2 is 1.57 bits per heavy atom. The largest absolute Gasteiger partial charge is 0.493 e. The highest BCUT2D eigenvalue weighted by Crippen LogP contribution is 2.40. The highest BCUT2D eigenvalue weighted by atomic mass is 32.2. The molecule has 1 N–H and O–H groups in total. The van der Waals surface area contributed by atoms with Gasteiger partial charge in [0.1, 0.15) is 10.8 Å². The molecule has 0 spiro atoms. The van der Waals surface area contributed by atoms with Gasteiger partial charge >= 0.3 is 0 Å². The summed E-state index contributed by atoms with van der Waals surface area (Å²) in [4.78, 5) is 10.2. The predicted molar refractivity (Wildman–Crippen MR) is 119 cm³/mol. The number of benzene rings is 3. The van der Waals surface area contributed by atoms with Crippen molar-refractivity contribution in [1.82, 2.24) is 9.97 Å². The Hall–Kier alpha value is -3.45. The third-order valence-corrected chi connectivity index (χ3v) is 5.50. The second-order valence-corrected chi connectivity index (χ2v) is 7.42. The zero-order chi connectivity index (χ0) is 20.9. The molecule has 4 aromatic rings. The number of anilines is 2. The lowest BCUT2D eigenvalue weighted by Crippen LogP contribution is -1.99. The summed E-state index contributed by atoms with van der Waals surface area (Å²) < 4.78 is 16.2. The SMILES string of the molecule is COc1cc(Nc2cncc(Sc3cccc4ccccc34)n2)cc(OC)c1OC. The van der Waals surface area contributed by atoms with E-state index >= 15 is 0 Å². The summed E-state index contributed by atoms with van der Waals surface area (Å²) in [6.07, 6.45) is 3.43. The van der Waals surface area contributed by atoms with E-state index in [-0.39, 0.29) is 0 Å². The maximum atomic E-state index is 5.42. The maximum Gasteiger partial charge on any atom is 0.203 e. The van der Waals surface area contributed by atoms with E-state index in [1.165, 1.54) is 10.8 Å². The van der Waals surface area contributed by atoms with Crippen LogP contribution in [0.1, 0.15) is 0 Å². The van der Waals surface area contributed by atoms with Gasteiger partial charge in [-0.25, -0.2) is 4.98 Å². The van der Waals surface area contributed by atoms with E-state index in [1.807, 2.05) is 24.3 Å². The van der Waals surface area contributed by atoms with Crippen molar-refractivity contribution in [2.75, 3.05) is 26.6 Å². The Bertz CT molecular complexity index is 1150. The second-order valence-electron chi connectivity index (χ2n) is 6.36. The van der Waals surface area contributed by atoms with Gasteiger partial charge in [0, 0.05) is 22.7 Å². The Labute approximate surface area is 179 Å². The number of hydrogen-bond acceptors (Lipinski definition) is 7. The van der Waals surface area contributed by atoms with E-state index in [9.17, 15) is 0 Å². The van der Waals surface area contributed by atoms with Crippen LogP contribution in [0.2, 0.25) is 0 Å². The summed E-state index contributed by atoms with van der Waals surface area (Å²) >= 11 is 1.58. The van der Waals surface area contributed by atoms with Gasteiger partial charge in [0.2, 0.25) is 5.75 Å². The van der Waals surface area contributed by atoms with Crippen LogP contribution in [0.5, 0.6) is 17.2 Å². The van der Waals surface area contributed by atoms with Crippen molar-refractivity contribution < 1.29 is 14.2 Å². The van der Waals surface area contributed by atoms with Crippen LogP contribution in [-0.4, -0.2) is 31.3 Å². The van der Waals surface area contributed by atoms with Gasteiger partial charge in [-0.15, -0.1) is 0 Å². The molecule has 3 aromatic carbocycles. The van der Waals surface area contributed by atoms with E-state index in [0.29, 0.717) is 23.1 Å². The molecule has 6 nitrogen and oxygen atoms in total. The van der Waals surface area contributed by atoms with Crippen molar-refractivity contribution in [1.29, 1.82) is 0 Å². The normalized spacial score (nSPS) is 10.6. The summed E-state index contributed by atoms with van der Waals surface area (Å²) in [6, 6.07) is 18.2. The molecule has 0 aliphatic rings. The van der Waals surface area contributed by atoms with E-state index in [2.05, 4.69) is 40.6 Å². The fourth-order valence-electron chi connectivity index (χ4n) is 3.16. The minimum Gasteiger partial charge on any atom is -0.493 e. The lowest BCUT2D eigenvalue weighted by molar-refractivity contribution is 0.324. The summed E-state index contributed by atoms with van der Waals surface area (Å²) in [5.41, 5.74) is 0.756. The van der Waals surface area contributed by atoms with Gasteiger partial charge in [0.15, 0.2) is 11.5 Å². The van der Waals surface area contributed by atoms with E-state index in [0.717, 1.165) is 15.6 Å². The van der Waals surface area contributed by atoms with Crippen molar-refractivity contribution in [3.05, 3.63) is 67.0 Å². The molecule has 0 saturated heterocycles. The molecule has 1 aromatic heterocycles. The average molecular weight is 420 g/mol. The molecule has 0 amide bonds. The van der Waals surface area contributed by atoms with Crippen molar-refractivity contribution in [3.8, 4) is 17.2 Å². The number of methoxy groups -OCH3 is 3. The number of aromatic nitrogens is 2. The van der Waals surface area contributed by atoms with Crippen LogP contribution in [0.15, 0.2) is 76.9 Å². The number of ether oxygens (including phenoxy) is 3. The molecule has 0 saturated carbocycles. The smallest absolute Gasteiger partial charge is 0.203 e. The first-order valence-corrected chi connectivity index (χ1v) is 10.1. The molecule has 1 heterocycles. The Kier molecular flexibility index (Phi) is 5.90. The van der Waals surface area contributed by atoms with Crippen LogP contribution in [0, 0.1) is 0 Å². The molecule has 30 heavy (non-hydrogen) atoms. The minimum atomic E-state index is 0.539. The predicted octanol–water partition coefficient (Wildman–Crippen LogP) is 5.55. The number of hydrogen-bond donors (Lipinski definition) is 1. The van der Waals surface area contributed by atoms with Crippen LogP contribution >= 0.6 is 11.8 Å². The topological polar surface area (TPSA) is 65.5 Å². The first-order valence-electron chi connectivity index (χ1n) is 9.26. The number of nitrogens with zero attached hydrogens (tertiary/aromatic N) is 2. The van der Waals surface area contributed by atoms with E-state index < -0.39 is 0 Å². The maximum absolute atomic E-state index is 5.42. The molecule has 152 valence electrons. The van der Waals surface area contributed by atoms with Gasteiger partial charge in [-0.3, -0.25) is 4.98 Å². The zero-order valence-corrected chi connectivity index (χ0v) is 17.7. The standard InChI is InChI=1S/C23H21N3O3S/c1-27-18-11-16(12-19(28-2)23(18)29-3)25-21-13-24-14-22(26-21)30-20-10-6-8-15-7-4-5-9-17(15)20/h4-14H,1-3H3,(H,25,26). The lowest BCUT2D eigenvalue weighted by Gasteiger charge is -2.15. The highest BCUT2D eigenvalue weighted by Gasteiger charge is 2.14. The summed E-state index contributed by atoms with van der Waals surface area (Å²) in [5.74, 6) is 2.29. The molecule has 0 aliphatic carbocycles. The molecule has 4 rings (SSSR count). The molecule has 0 radical (unpaired) electrons. The second kappa shape index (κ2) is 8.92. The first-order chi connectivity index (χ1) is 14.7. The monoisotopic (exact) mass is 419 g/mol. The summed E-state index contributed by atoms with van der Waals surface area (Å²) in [6.45, 7) is 0. The molecular formula is C23H21N3O3S. The molecular weight excluding hydrogens is 398 g/mol. The van der Waals surface area contributed by atoms with Gasteiger partial charge in [0.05, 0.1) is 33.7 Å². The number of nitrogens with one attached hydrogen (secondary N) is 1.